The number of para-hydroxylation sites is 2. The first kappa shape index (κ1) is 33.7. The molecule has 3 nitrogen and oxygen atoms in total. The van der Waals surface area contributed by atoms with Crippen LogP contribution in [0.5, 0.6) is 0 Å². The first-order valence-corrected chi connectivity index (χ1v) is 21.7. The summed E-state index contributed by atoms with van der Waals surface area (Å²) in [6.45, 7) is 14.1. The Morgan fingerprint density at radius 3 is 2.04 bits per heavy atom. The molecular formula is C52H46BN3S. The molecule has 4 aliphatic rings. The van der Waals surface area contributed by atoms with Gasteiger partial charge >= 0.3 is 0 Å². The molecule has 0 saturated heterocycles. The molecule has 5 heteroatoms. The van der Waals surface area contributed by atoms with Crippen LogP contribution in [0.1, 0.15) is 77.1 Å². The van der Waals surface area contributed by atoms with Crippen LogP contribution in [0.4, 0.5) is 28.4 Å². The minimum absolute atomic E-state index is 0.0631. The summed E-state index contributed by atoms with van der Waals surface area (Å²) in [6.07, 6.45) is 7.14. The van der Waals surface area contributed by atoms with E-state index in [2.05, 4.69) is 201 Å². The average molecular weight is 756 g/mol. The van der Waals surface area contributed by atoms with Gasteiger partial charge in [0.05, 0.1) is 22.8 Å². The van der Waals surface area contributed by atoms with Crippen molar-refractivity contribution in [1.82, 2.24) is 4.40 Å². The van der Waals surface area contributed by atoms with Crippen LogP contribution in [-0.4, -0.2) is 16.3 Å². The highest BCUT2D eigenvalue weighted by Gasteiger charge is 2.54. The van der Waals surface area contributed by atoms with Crippen molar-refractivity contribution >= 4 is 97.2 Å². The predicted octanol–water partition coefficient (Wildman–Crippen LogP) is 10.9. The first-order chi connectivity index (χ1) is 27.6. The molecule has 57 heavy (non-hydrogen) atoms. The van der Waals surface area contributed by atoms with E-state index in [-0.39, 0.29) is 28.7 Å². The number of nitrogens with zero attached hydrogens (tertiary/aromatic N) is 3. The molecule has 0 radical (unpaired) electrons. The highest BCUT2D eigenvalue weighted by molar-refractivity contribution is 8.02. The van der Waals surface area contributed by atoms with E-state index in [1.54, 1.807) is 0 Å². The first-order valence-electron chi connectivity index (χ1n) is 20.8. The zero-order valence-corrected chi connectivity index (χ0v) is 34.4. The maximum Gasteiger partial charge on any atom is 0.233 e. The quantitative estimate of drug-likeness (QED) is 0.163. The zero-order valence-electron chi connectivity index (χ0n) is 33.6. The lowest BCUT2D eigenvalue weighted by Gasteiger charge is -2.49. The second-order valence-electron chi connectivity index (χ2n) is 18.8. The van der Waals surface area contributed by atoms with Crippen molar-refractivity contribution in [2.24, 2.45) is 0 Å². The Morgan fingerprint density at radius 2 is 1.28 bits per heavy atom. The molecule has 1 aliphatic carbocycles. The third-order valence-corrected chi connectivity index (χ3v) is 14.9. The summed E-state index contributed by atoms with van der Waals surface area (Å²) >= 11 is 2.09. The summed E-state index contributed by atoms with van der Waals surface area (Å²) in [5.74, 6) is 0. The van der Waals surface area contributed by atoms with Gasteiger partial charge in [-0.3, -0.25) is 0 Å². The Bertz CT molecular complexity index is 3090. The van der Waals surface area contributed by atoms with Crippen LogP contribution in [0.15, 0.2) is 126 Å². The molecule has 8 aromatic rings. The van der Waals surface area contributed by atoms with Gasteiger partial charge in [-0.2, -0.15) is 0 Å². The molecule has 2 aromatic heterocycles. The fourth-order valence-electron chi connectivity index (χ4n) is 10.8. The van der Waals surface area contributed by atoms with Gasteiger partial charge in [-0.1, -0.05) is 133 Å². The number of rotatable bonds is 2. The molecule has 0 fully saturated rings. The third kappa shape index (κ3) is 4.58. The van der Waals surface area contributed by atoms with E-state index in [1.807, 2.05) is 0 Å². The molecule has 12 rings (SSSR count). The maximum absolute atomic E-state index is 2.79. The van der Waals surface area contributed by atoms with E-state index in [0.717, 1.165) is 12.8 Å². The van der Waals surface area contributed by atoms with Gasteiger partial charge in [0.2, 0.25) is 6.71 Å². The van der Waals surface area contributed by atoms with Gasteiger partial charge in [0.25, 0.3) is 0 Å². The predicted molar refractivity (Wildman–Crippen MR) is 246 cm³/mol. The van der Waals surface area contributed by atoms with Gasteiger partial charge in [0.15, 0.2) is 0 Å². The highest BCUT2D eigenvalue weighted by Crippen LogP contribution is 2.58. The number of fused-ring (bicyclic) bond motifs is 13. The topological polar surface area (TPSA) is 10.9 Å². The Hall–Kier alpha value is -5.39. The van der Waals surface area contributed by atoms with E-state index in [1.165, 1.54) is 98.7 Å². The fraction of sp³-hybridized carbons (Fsp3) is 0.231. The molecule has 2 atom stereocenters. The van der Waals surface area contributed by atoms with Gasteiger partial charge in [0, 0.05) is 59.5 Å². The van der Waals surface area contributed by atoms with Crippen molar-refractivity contribution in [1.29, 1.82) is 0 Å². The molecule has 6 aromatic carbocycles. The summed E-state index contributed by atoms with van der Waals surface area (Å²) in [6, 6.07) is 47.3. The lowest BCUT2D eigenvalue weighted by molar-refractivity contribution is 0.590. The molecule has 0 spiro atoms. The third-order valence-electron chi connectivity index (χ3n) is 13.5. The van der Waals surface area contributed by atoms with Crippen LogP contribution in [-0.2, 0) is 10.8 Å². The van der Waals surface area contributed by atoms with Crippen LogP contribution in [0.3, 0.4) is 0 Å². The summed E-state index contributed by atoms with van der Waals surface area (Å²) < 4.78 is 2.67. The van der Waals surface area contributed by atoms with Crippen molar-refractivity contribution in [2.75, 3.05) is 9.80 Å². The minimum Gasteiger partial charge on any atom is -0.332 e. The van der Waals surface area contributed by atoms with Gasteiger partial charge in [-0.25, -0.2) is 0 Å². The number of anilines is 5. The van der Waals surface area contributed by atoms with Crippen molar-refractivity contribution in [3.05, 3.63) is 149 Å². The Labute approximate surface area is 339 Å². The summed E-state index contributed by atoms with van der Waals surface area (Å²) in [5, 5.41) is 7.06. The number of hydrogen-bond acceptors (Lipinski definition) is 3. The minimum atomic E-state index is 0.0631. The number of benzene rings is 6. The normalized spacial score (nSPS) is 18.3. The van der Waals surface area contributed by atoms with Gasteiger partial charge < -0.3 is 14.2 Å². The van der Waals surface area contributed by atoms with Gasteiger partial charge in [-0.15, -0.1) is 11.8 Å². The standard InChI is InChI=1S/C52H46BN3S/c1-51(2,3)31-22-26-33(27-23-31)54-42-20-11-9-18-40(42)53-45-43(54)30-39-37-17-13-16-36-35-14-7-10-19-41(35)56(46(36)37)47(39)49(45)55(34-28-24-32(25-29-34)52(4,5)6)48-38-15-8-12-21-44(38)57-50(48)53/h8-9,11-30,48,50H,7,10H2,1-6H3. The smallest absolute Gasteiger partial charge is 0.233 e. The highest BCUT2D eigenvalue weighted by atomic mass is 32.2. The molecular weight excluding hydrogens is 709 g/mol. The molecule has 0 bridgehead atoms. The van der Waals surface area contributed by atoms with E-state index >= 15 is 0 Å². The Morgan fingerprint density at radius 1 is 0.614 bits per heavy atom. The molecule has 2 unspecified atom stereocenters. The molecule has 278 valence electrons. The molecule has 5 heterocycles. The molecule has 0 amide bonds. The number of aromatic nitrogens is 1. The van der Waals surface area contributed by atoms with Crippen LogP contribution in [0.2, 0.25) is 0 Å². The second-order valence-corrected chi connectivity index (χ2v) is 20.0. The number of thioether (sulfide) groups is 1. The Kier molecular flexibility index (Phi) is 6.87. The van der Waals surface area contributed by atoms with Crippen LogP contribution in [0, 0.1) is 0 Å². The van der Waals surface area contributed by atoms with E-state index in [0.29, 0.717) is 0 Å². The largest absolute Gasteiger partial charge is 0.332 e. The van der Waals surface area contributed by atoms with Crippen LogP contribution in [0.25, 0.3) is 39.3 Å². The summed E-state index contributed by atoms with van der Waals surface area (Å²) in [4.78, 5) is 6.78. The molecule has 0 saturated carbocycles. The van der Waals surface area contributed by atoms with Crippen molar-refractivity contribution in [3.63, 3.8) is 0 Å². The maximum atomic E-state index is 2.79. The average Bonchev–Trinajstić information content (AvgIpc) is 3.87. The van der Waals surface area contributed by atoms with E-state index < -0.39 is 0 Å². The van der Waals surface area contributed by atoms with Gasteiger partial charge in [0.1, 0.15) is 0 Å². The second kappa shape index (κ2) is 11.6. The monoisotopic (exact) mass is 755 g/mol. The lowest BCUT2D eigenvalue weighted by atomic mass is 9.33. The molecule has 0 N–H and O–H groups in total. The molecule has 3 aliphatic heterocycles. The summed E-state index contributed by atoms with van der Waals surface area (Å²) in [7, 11) is 0. The van der Waals surface area contributed by atoms with Crippen LogP contribution >= 0.6 is 11.8 Å². The van der Waals surface area contributed by atoms with Crippen molar-refractivity contribution < 1.29 is 0 Å². The van der Waals surface area contributed by atoms with Crippen molar-refractivity contribution in [2.45, 2.75) is 81.3 Å². The zero-order chi connectivity index (χ0) is 38.5. The van der Waals surface area contributed by atoms with Crippen molar-refractivity contribution in [3.8, 4) is 0 Å². The van der Waals surface area contributed by atoms with E-state index in [4.69, 9.17) is 0 Å². The van der Waals surface area contributed by atoms with E-state index in [9.17, 15) is 0 Å². The Balaban J connectivity index is 1.27. The SMILES string of the molecule is CC(C)(C)c1ccc(N2c3ccccc3B3c4c2cc2c5cccc6c7c(n(c2c4N(c2ccc(C(C)(C)C)cc2)C2c4ccccc4SC32)c65)=CCCC=7)cc1. The number of hydrogen-bond donors (Lipinski definition) is 0. The lowest BCUT2D eigenvalue weighted by Crippen LogP contribution is -2.62. The summed E-state index contributed by atoms with van der Waals surface area (Å²) in [5.41, 5.74) is 16.2. The fourth-order valence-corrected chi connectivity index (χ4v) is 12.4. The van der Waals surface area contributed by atoms with Gasteiger partial charge in [-0.05, 0) is 93.8 Å². The van der Waals surface area contributed by atoms with Crippen LogP contribution < -0.4 is 31.3 Å².